The second kappa shape index (κ2) is 7.77. The zero-order chi connectivity index (χ0) is 14.2. The number of aryl methyl sites for hydroxylation is 1. The van der Waals surface area contributed by atoms with Gasteiger partial charge in [-0.2, -0.15) is 5.10 Å². The van der Waals surface area contributed by atoms with Gasteiger partial charge in [0, 0.05) is 19.1 Å². The Morgan fingerprint density at radius 2 is 2.10 bits per heavy atom. The molecular formula is C15H22N4O. The quantitative estimate of drug-likeness (QED) is 0.760. The van der Waals surface area contributed by atoms with Gasteiger partial charge in [-0.15, -0.1) is 0 Å². The molecule has 0 amide bonds. The Hall–Kier alpha value is -1.72. The Labute approximate surface area is 119 Å². The predicted molar refractivity (Wildman–Crippen MR) is 78.3 cm³/mol. The first-order valence-corrected chi connectivity index (χ1v) is 7.02. The van der Waals surface area contributed by atoms with Gasteiger partial charge in [-0.05, 0) is 25.3 Å². The SMILES string of the molecule is CC(CCn1cncn1)NCC(O)Cc1ccccc1. The zero-order valence-corrected chi connectivity index (χ0v) is 11.8. The molecule has 1 heterocycles. The summed E-state index contributed by atoms with van der Waals surface area (Å²) in [5, 5.41) is 17.4. The van der Waals surface area contributed by atoms with E-state index in [2.05, 4.69) is 22.3 Å². The largest absolute Gasteiger partial charge is 0.391 e. The lowest BCUT2D eigenvalue weighted by Crippen LogP contribution is -2.35. The van der Waals surface area contributed by atoms with E-state index in [1.165, 1.54) is 0 Å². The molecule has 2 rings (SSSR count). The van der Waals surface area contributed by atoms with Crippen LogP contribution in [0.15, 0.2) is 43.0 Å². The molecule has 0 aliphatic rings. The van der Waals surface area contributed by atoms with Crippen LogP contribution in [0.2, 0.25) is 0 Å². The van der Waals surface area contributed by atoms with Crippen LogP contribution in [0.25, 0.3) is 0 Å². The van der Waals surface area contributed by atoms with E-state index in [0.29, 0.717) is 19.0 Å². The van der Waals surface area contributed by atoms with E-state index in [4.69, 9.17) is 0 Å². The summed E-state index contributed by atoms with van der Waals surface area (Å²) in [4.78, 5) is 3.91. The van der Waals surface area contributed by atoms with Gasteiger partial charge < -0.3 is 10.4 Å². The highest BCUT2D eigenvalue weighted by molar-refractivity contribution is 5.15. The van der Waals surface area contributed by atoms with Crippen LogP contribution >= 0.6 is 0 Å². The summed E-state index contributed by atoms with van der Waals surface area (Å²) in [6, 6.07) is 10.4. The third-order valence-electron chi connectivity index (χ3n) is 3.27. The monoisotopic (exact) mass is 274 g/mol. The molecule has 0 aliphatic carbocycles. The fourth-order valence-corrected chi connectivity index (χ4v) is 2.07. The molecule has 0 aliphatic heterocycles. The molecule has 0 spiro atoms. The first kappa shape index (κ1) is 14.7. The molecule has 20 heavy (non-hydrogen) atoms. The van der Waals surface area contributed by atoms with Gasteiger partial charge >= 0.3 is 0 Å². The van der Waals surface area contributed by atoms with Gasteiger partial charge in [0.05, 0.1) is 6.10 Å². The van der Waals surface area contributed by atoms with Crippen molar-refractivity contribution in [3.05, 3.63) is 48.5 Å². The summed E-state index contributed by atoms with van der Waals surface area (Å²) >= 11 is 0. The number of aromatic nitrogens is 3. The summed E-state index contributed by atoms with van der Waals surface area (Å²) in [5.41, 5.74) is 1.16. The molecule has 0 fully saturated rings. The van der Waals surface area contributed by atoms with Crippen LogP contribution in [0.5, 0.6) is 0 Å². The number of aliphatic hydroxyl groups is 1. The molecule has 5 nitrogen and oxygen atoms in total. The lowest BCUT2D eigenvalue weighted by molar-refractivity contribution is 0.167. The van der Waals surface area contributed by atoms with Gasteiger partial charge in [0.25, 0.3) is 0 Å². The second-order valence-electron chi connectivity index (χ2n) is 5.10. The number of hydrogen-bond donors (Lipinski definition) is 2. The molecular weight excluding hydrogens is 252 g/mol. The van der Waals surface area contributed by atoms with Crippen LogP contribution < -0.4 is 5.32 Å². The van der Waals surface area contributed by atoms with Crippen molar-refractivity contribution in [2.24, 2.45) is 0 Å². The van der Waals surface area contributed by atoms with Gasteiger partial charge in [-0.25, -0.2) is 4.98 Å². The Bertz CT molecular complexity index is 472. The highest BCUT2D eigenvalue weighted by Crippen LogP contribution is 2.03. The van der Waals surface area contributed by atoms with Gasteiger partial charge in [-0.1, -0.05) is 30.3 Å². The number of rotatable bonds is 8. The van der Waals surface area contributed by atoms with Crippen LogP contribution in [0.1, 0.15) is 18.9 Å². The van der Waals surface area contributed by atoms with E-state index in [1.54, 1.807) is 12.7 Å². The van der Waals surface area contributed by atoms with E-state index in [1.807, 2.05) is 35.0 Å². The second-order valence-corrected chi connectivity index (χ2v) is 5.10. The summed E-state index contributed by atoms with van der Waals surface area (Å²) in [6.07, 6.45) is 4.55. The maximum atomic E-state index is 10.0. The molecule has 2 atom stereocenters. The van der Waals surface area contributed by atoms with E-state index < -0.39 is 0 Å². The lowest BCUT2D eigenvalue weighted by Gasteiger charge is -2.17. The fraction of sp³-hybridized carbons (Fsp3) is 0.467. The maximum Gasteiger partial charge on any atom is 0.137 e. The fourth-order valence-electron chi connectivity index (χ4n) is 2.07. The molecule has 2 N–H and O–H groups in total. The van der Waals surface area contributed by atoms with E-state index in [9.17, 15) is 5.11 Å². The van der Waals surface area contributed by atoms with Gasteiger partial charge in [-0.3, -0.25) is 4.68 Å². The van der Waals surface area contributed by atoms with Crippen LogP contribution in [0.3, 0.4) is 0 Å². The van der Waals surface area contributed by atoms with Crippen LogP contribution in [0.4, 0.5) is 0 Å². The highest BCUT2D eigenvalue weighted by Gasteiger charge is 2.08. The smallest absolute Gasteiger partial charge is 0.137 e. The minimum Gasteiger partial charge on any atom is -0.391 e. The van der Waals surface area contributed by atoms with Crippen molar-refractivity contribution in [2.45, 2.75) is 38.5 Å². The normalized spacial score (nSPS) is 14.1. The minimum absolute atomic E-state index is 0.338. The highest BCUT2D eigenvalue weighted by atomic mass is 16.3. The maximum absolute atomic E-state index is 10.0. The molecule has 5 heteroatoms. The molecule has 0 bridgehead atoms. The number of aliphatic hydroxyl groups excluding tert-OH is 1. The number of nitrogens with one attached hydrogen (secondary N) is 1. The Morgan fingerprint density at radius 3 is 2.80 bits per heavy atom. The van der Waals surface area contributed by atoms with Crippen molar-refractivity contribution in [3.63, 3.8) is 0 Å². The van der Waals surface area contributed by atoms with Crippen molar-refractivity contribution in [3.8, 4) is 0 Å². The zero-order valence-electron chi connectivity index (χ0n) is 11.8. The average Bonchev–Trinajstić information content (AvgIpc) is 2.97. The molecule has 0 saturated heterocycles. The number of hydrogen-bond acceptors (Lipinski definition) is 4. The first-order chi connectivity index (χ1) is 9.74. The Balaban J connectivity index is 1.64. The molecule has 2 unspecified atom stereocenters. The summed E-state index contributed by atoms with van der Waals surface area (Å²) in [5.74, 6) is 0. The molecule has 2 aromatic rings. The van der Waals surface area contributed by atoms with Gasteiger partial charge in [0.2, 0.25) is 0 Å². The summed E-state index contributed by atoms with van der Waals surface area (Å²) in [7, 11) is 0. The van der Waals surface area contributed by atoms with Crippen molar-refractivity contribution >= 4 is 0 Å². The number of nitrogens with zero attached hydrogens (tertiary/aromatic N) is 3. The summed E-state index contributed by atoms with van der Waals surface area (Å²) < 4.78 is 1.82. The minimum atomic E-state index is -0.355. The average molecular weight is 274 g/mol. The Kier molecular flexibility index (Phi) is 5.70. The Morgan fingerprint density at radius 1 is 1.30 bits per heavy atom. The van der Waals surface area contributed by atoms with Gasteiger partial charge in [0.15, 0.2) is 0 Å². The van der Waals surface area contributed by atoms with Crippen molar-refractivity contribution in [1.82, 2.24) is 20.1 Å². The summed E-state index contributed by atoms with van der Waals surface area (Å²) in [6.45, 7) is 3.56. The first-order valence-electron chi connectivity index (χ1n) is 7.02. The van der Waals surface area contributed by atoms with Crippen molar-refractivity contribution in [2.75, 3.05) is 6.54 Å². The molecule has 108 valence electrons. The van der Waals surface area contributed by atoms with Crippen molar-refractivity contribution in [1.29, 1.82) is 0 Å². The van der Waals surface area contributed by atoms with E-state index in [-0.39, 0.29) is 6.10 Å². The van der Waals surface area contributed by atoms with E-state index >= 15 is 0 Å². The van der Waals surface area contributed by atoms with Gasteiger partial charge in [0.1, 0.15) is 12.7 Å². The third kappa shape index (κ3) is 5.11. The predicted octanol–water partition coefficient (Wildman–Crippen LogP) is 1.25. The third-order valence-corrected chi connectivity index (χ3v) is 3.27. The van der Waals surface area contributed by atoms with Crippen LogP contribution in [-0.2, 0) is 13.0 Å². The standard InChI is InChI=1S/C15H22N4O/c1-13(7-8-19-12-16-11-18-19)17-10-15(20)9-14-5-3-2-4-6-14/h2-6,11-13,15,17,20H,7-10H2,1H3. The number of benzene rings is 1. The molecule has 0 radical (unpaired) electrons. The molecule has 1 aromatic carbocycles. The molecule has 0 saturated carbocycles. The van der Waals surface area contributed by atoms with Crippen LogP contribution in [0, 0.1) is 0 Å². The molecule has 1 aromatic heterocycles. The van der Waals surface area contributed by atoms with Crippen LogP contribution in [-0.4, -0.2) is 38.6 Å². The topological polar surface area (TPSA) is 63.0 Å². The lowest BCUT2D eigenvalue weighted by atomic mass is 10.1. The van der Waals surface area contributed by atoms with E-state index in [0.717, 1.165) is 18.5 Å². The van der Waals surface area contributed by atoms with Crippen molar-refractivity contribution < 1.29 is 5.11 Å².